The van der Waals surface area contributed by atoms with Crippen molar-refractivity contribution in [1.29, 1.82) is 0 Å². The summed E-state index contributed by atoms with van der Waals surface area (Å²) in [5.41, 5.74) is 0. The smallest absolute Gasteiger partial charge is 0.232 e. The summed E-state index contributed by atoms with van der Waals surface area (Å²) in [5.74, 6) is 0.817. The van der Waals surface area contributed by atoms with Gasteiger partial charge in [0.15, 0.2) is 0 Å². The van der Waals surface area contributed by atoms with Crippen molar-refractivity contribution in [3.05, 3.63) is 6.92 Å². The minimum Gasteiger partial charge on any atom is -0.358 e. The van der Waals surface area contributed by atoms with Crippen LogP contribution >= 0.6 is 11.8 Å². The van der Waals surface area contributed by atoms with Crippen LogP contribution in [0.2, 0.25) is 0 Å². The van der Waals surface area contributed by atoms with Gasteiger partial charge in [-0.05, 0) is 19.6 Å². The van der Waals surface area contributed by atoms with Crippen LogP contribution < -0.4 is 5.32 Å². The van der Waals surface area contributed by atoms with Crippen LogP contribution in [-0.2, 0) is 4.79 Å². The van der Waals surface area contributed by atoms with E-state index in [1.54, 1.807) is 18.8 Å². The van der Waals surface area contributed by atoms with Crippen molar-refractivity contribution in [3.8, 4) is 0 Å². The molecule has 0 rings (SSSR count). The standard InChI is InChI=1S/C6H12NOS/c1-4-9-5(2)6(8)7-3/h5H,1,4H2,2-3H3,(H,7,8)/t5-/m0/s1. The number of carbonyl (C=O) groups excluding carboxylic acids is 1. The molecule has 1 amide bonds. The molecule has 2 nitrogen and oxygen atoms in total. The van der Waals surface area contributed by atoms with Gasteiger partial charge in [-0.3, -0.25) is 4.79 Å². The van der Waals surface area contributed by atoms with Crippen molar-refractivity contribution in [1.82, 2.24) is 5.32 Å². The fourth-order valence-corrected chi connectivity index (χ4v) is 1.08. The Morgan fingerprint density at radius 1 is 1.89 bits per heavy atom. The molecular formula is C6H12NOS. The predicted octanol–water partition coefficient (Wildman–Crippen LogP) is 0.688. The minimum absolute atomic E-state index is 0.0347. The summed E-state index contributed by atoms with van der Waals surface area (Å²) in [6.45, 7) is 5.50. The average molecular weight is 146 g/mol. The van der Waals surface area contributed by atoms with Gasteiger partial charge in [0.1, 0.15) is 0 Å². The Morgan fingerprint density at radius 2 is 2.44 bits per heavy atom. The highest BCUT2D eigenvalue weighted by Crippen LogP contribution is 2.07. The molecule has 3 heteroatoms. The number of amides is 1. The number of hydrogen-bond donors (Lipinski definition) is 1. The van der Waals surface area contributed by atoms with E-state index < -0.39 is 0 Å². The van der Waals surface area contributed by atoms with E-state index >= 15 is 0 Å². The monoisotopic (exact) mass is 146 g/mol. The number of rotatable bonds is 3. The van der Waals surface area contributed by atoms with Crippen molar-refractivity contribution in [2.45, 2.75) is 12.2 Å². The first-order valence-electron chi connectivity index (χ1n) is 2.84. The first-order valence-corrected chi connectivity index (χ1v) is 3.89. The second-order valence-electron chi connectivity index (χ2n) is 1.63. The van der Waals surface area contributed by atoms with Gasteiger partial charge in [-0.15, -0.1) is 11.8 Å². The summed E-state index contributed by atoms with van der Waals surface area (Å²) in [6, 6.07) is 0. The molecule has 0 aromatic rings. The zero-order chi connectivity index (χ0) is 7.28. The minimum atomic E-state index is 0.0347. The fourth-order valence-electron chi connectivity index (χ4n) is 0.456. The maximum Gasteiger partial charge on any atom is 0.232 e. The number of thioether (sulfide) groups is 1. The first-order chi connectivity index (χ1) is 4.22. The van der Waals surface area contributed by atoms with Crippen molar-refractivity contribution in [2.75, 3.05) is 12.8 Å². The second-order valence-corrected chi connectivity index (χ2v) is 3.08. The number of carbonyl (C=O) groups is 1. The zero-order valence-electron chi connectivity index (χ0n) is 5.81. The molecule has 0 aliphatic heterocycles. The third-order valence-electron chi connectivity index (χ3n) is 0.983. The van der Waals surface area contributed by atoms with Crippen LogP contribution in [0.1, 0.15) is 6.92 Å². The quantitative estimate of drug-likeness (QED) is 0.634. The Labute approximate surface area is 60.4 Å². The Bertz CT molecular complexity index is 95.1. The highest BCUT2D eigenvalue weighted by Gasteiger charge is 2.08. The van der Waals surface area contributed by atoms with Gasteiger partial charge in [-0.25, -0.2) is 0 Å². The van der Waals surface area contributed by atoms with Crippen LogP contribution in [0.5, 0.6) is 0 Å². The van der Waals surface area contributed by atoms with E-state index in [4.69, 9.17) is 0 Å². The van der Waals surface area contributed by atoms with Gasteiger partial charge in [0, 0.05) is 7.05 Å². The maximum absolute atomic E-state index is 10.7. The molecule has 0 fully saturated rings. The van der Waals surface area contributed by atoms with E-state index in [1.807, 2.05) is 6.92 Å². The van der Waals surface area contributed by atoms with Crippen LogP contribution in [0.25, 0.3) is 0 Å². The topological polar surface area (TPSA) is 29.1 Å². The van der Waals surface area contributed by atoms with Gasteiger partial charge in [0.25, 0.3) is 0 Å². The molecule has 1 radical (unpaired) electrons. The first kappa shape index (κ1) is 8.82. The highest BCUT2D eigenvalue weighted by atomic mass is 32.2. The molecule has 0 unspecified atom stereocenters. The molecule has 0 spiro atoms. The van der Waals surface area contributed by atoms with Gasteiger partial charge in [-0.2, -0.15) is 0 Å². The molecule has 1 N–H and O–H groups in total. The van der Waals surface area contributed by atoms with Gasteiger partial charge in [0.05, 0.1) is 5.25 Å². The zero-order valence-corrected chi connectivity index (χ0v) is 6.62. The maximum atomic E-state index is 10.7. The summed E-state index contributed by atoms with van der Waals surface area (Å²) in [7, 11) is 1.64. The van der Waals surface area contributed by atoms with E-state index in [2.05, 4.69) is 12.2 Å². The van der Waals surface area contributed by atoms with E-state index in [9.17, 15) is 4.79 Å². The number of nitrogens with one attached hydrogen (secondary N) is 1. The molecule has 1 atom stereocenters. The van der Waals surface area contributed by atoms with Crippen LogP contribution in [0, 0.1) is 6.92 Å². The van der Waals surface area contributed by atoms with Crippen LogP contribution in [0.4, 0.5) is 0 Å². The van der Waals surface area contributed by atoms with Gasteiger partial charge < -0.3 is 5.32 Å². The fraction of sp³-hybridized carbons (Fsp3) is 0.667. The van der Waals surface area contributed by atoms with Gasteiger partial charge >= 0.3 is 0 Å². The molecule has 0 aliphatic carbocycles. The van der Waals surface area contributed by atoms with Crippen molar-refractivity contribution < 1.29 is 4.79 Å². The summed E-state index contributed by atoms with van der Waals surface area (Å²) in [4.78, 5) is 10.7. The van der Waals surface area contributed by atoms with Crippen molar-refractivity contribution in [3.63, 3.8) is 0 Å². The Hall–Kier alpha value is -0.180. The molecule has 0 saturated heterocycles. The molecule has 0 aromatic carbocycles. The van der Waals surface area contributed by atoms with E-state index in [-0.39, 0.29) is 11.2 Å². The lowest BCUT2D eigenvalue weighted by Gasteiger charge is -2.05. The number of hydrogen-bond acceptors (Lipinski definition) is 2. The Morgan fingerprint density at radius 3 is 2.78 bits per heavy atom. The average Bonchev–Trinajstić information content (AvgIpc) is 1.87. The summed E-state index contributed by atoms with van der Waals surface area (Å²) in [5, 5.41) is 2.60. The van der Waals surface area contributed by atoms with E-state index in [1.165, 1.54) is 0 Å². The van der Waals surface area contributed by atoms with E-state index in [0.717, 1.165) is 5.75 Å². The predicted molar refractivity (Wildman–Crippen MR) is 41.3 cm³/mol. The van der Waals surface area contributed by atoms with Gasteiger partial charge in [-0.1, -0.05) is 0 Å². The molecule has 53 valence electrons. The van der Waals surface area contributed by atoms with Crippen LogP contribution in [0.3, 0.4) is 0 Å². The molecule has 0 heterocycles. The van der Waals surface area contributed by atoms with Crippen molar-refractivity contribution in [2.24, 2.45) is 0 Å². The summed E-state index contributed by atoms with van der Waals surface area (Å²) >= 11 is 1.54. The lowest BCUT2D eigenvalue weighted by molar-refractivity contribution is -0.119. The van der Waals surface area contributed by atoms with Crippen LogP contribution in [-0.4, -0.2) is 24.0 Å². The van der Waals surface area contributed by atoms with Crippen LogP contribution in [0.15, 0.2) is 0 Å². The molecule has 0 saturated carbocycles. The van der Waals surface area contributed by atoms with Crippen molar-refractivity contribution >= 4 is 17.7 Å². The Balaban J connectivity index is 3.45. The lowest BCUT2D eigenvalue weighted by Crippen LogP contribution is -2.27. The highest BCUT2D eigenvalue weighted by molar-refractivity contribution is 8.00. The lowest BCUT2D eigenvalue weighted by atomic mass is 10.4. The molecule has 0 aromatic heterocycles. The van der Waals surface area contributed by atoms with E-state index in [0.29, 0.717) is 0 Å². The third kappa shape index (κ3) is 3.40. The van der Waals surface area contributed by atoms with Gasteiger partial charge in [0.2, 0.25) is 5.91 Å². The largest absolute Gasteiger partial charge is 0.358 e. The summed E-state index contributed by atoms with van der Waals surface area (Å²) in [6.07, 6.45) is 0. The third-order valence-corrected chi connectivity index (χ3v) is 1.93. The SMILES string of the molecule is [CH2]CS[C@@H](C)C(=O)NC. The molecule has 0 aliphatic rings. The normalized spacial score (nSPS) is 12.8. The summed E-state index contributed by atoms with van der Waals surface area (Å²) < 4.78 is 0. The Kier molecular flexibility index (Phi) is 4.58. The molecular weight excluding hydrogens is 134 g/mol. The molecule has 0 bridgehead atoms. The molecule has 9 heavy (non-hydrogen) atoms. The second kappa shape index (κ2) is 4.68.